The highest BCUT2D eigenvalue weighted by Crippen LogP contribution is 2.22. The minimum atomic E-state index is -0.751. The van der Waals surface area contributed by atoms with E-state index in [0.717, 1.165) is 27.9 Å². The number of amides is 1. The van der Waals surface area contributed by atoms with E-state index in [2.05, 4.69) is 39.8 Å². The molecule has 0 aliphatic carbocycles. The van der Waals surface area contributed by atoms with Gasteiger partial charge >= 0.3 is 0 Å². The van der Waals surface area contributed by atoms with Crippen LogP contribution in [0.3, 0.4) is 0 Å². The van der Waals surface area contributed by atoms with E-state index in [1.165, 1.54) is 9.58 Å². The Kier molecular flexibility index (Phi) is 6.88. The highest BCUT2D eigenvalue weighted by molar-refractivity contribution is 7.98. The highest BCUT2D eigenvalue weighted by atomic mass is 32.2. The van der Waals surface area contributed by atoms with Crippen molar-refractivity contribution in [3.8, 4) is 5.69 Å². The molecular formula is C26H29N5O2S. The topological polar surface area (TPSA) is 81.8 Å². The molecule has 0 spiro atoms. The van der Waals surface area contributed by atoms with E-state index in [1.807, 2.05) is 51.3 Å². The van der Waals surface area contributed by atoms with Gasteiger partial charge in [-0.05, 0) is 70.2 Å². The molecule has 0 unspecified atom stereocenters. The second-order valence-corrected chi connectivity index (χ2v) is 9.34. The predicted molar refractivity (Wildman–Crippen MR) is 137 cm³/mol. The molecule has 2 aromatic heterocycles. The number of carbonyl (C=O) groups is 1. The van der Waals surface area contributed by atoms with Crippen molar-refractivity contribution < 1.29 is 4.79 Å². The minimum absolute atomic E-state index is 0.247. The summed E-state index contributed by atoms with van der Waals surface area (Å²) in [6, 6.07) is 15.5. The predicted octanol–water partition coefficient (Wildman–Crippen LogP) is 4.15. The molecule has 4 aromatic rings. The van der Waals surface area contributed by atoms with Gasteiger partial charge in [-0.2, -0.15) is 10.2 Å². The van der Waals surface area contributed by atoms with E-state index in [1.54, 1.807) is 23.4 Å². The number of hydrogen-bond donors (Lipinski definition) is 1. The van der Waals surface area contributed by atoms with E-state index in [9.17, 15) is 9.59 Å². The Morgan fingerprint density at radius 1 is 1.03 bits per heavy atom. The van der Waals surface area contributed by atoms with Gasteiger partial charge in [-0.15, -0.1) is 11.8 Å². The van der Waals surface area contributed by atoms with E-state index in [4.69, 9.17) is 0 Å². The van der Waals surface area contributed by atoms with E-state index in [0.29, 0.717) is 24.2 Å². The zero-order chi connectivity index (χ0) is 24.4. The third-order valence-electron chi connectivity index (χ3n) is 6.04. The fourth-order valence-corrected chi connectivity index (χ4v) is 4.44. The second kappa shape index (κ2) is 9.85. The molecule has 0 saturated heterocycles. The van der Waals surface area contributed by atoms with Gasteiger partial charge in [0.15, 0.2) is 5.52 Å². The Balaban J connectivity index is 1.55. The van der Waals surface area contributed by atoms with Gasteiger partial charge in [0.05, 0.1) is 22.5 Å². The van der Waals surface area contributed by atoms with Crippen LogP contribution in [-0.2, 0) is 11.2 Å². The van der Waals surface area contributed by atoms with Crippen molar-refractivity contribution in [2.45, 2.75) is 45.1 Å². The number of benzene rings is 2. The molecular weight excluding hydrogens is 446 g/mol. The number of nitrogens with one attached hydrogen (secondary N) is 1. The Morgan fingerprint density at radius 3 is 2.35 bits per heavy atom. The number of thioether (sulfide) groups is 1. The van der Waals surface area contributed by atoms with Crippen molar-refractivity contribution in [1.82, 2.24) is 24.9 Å². The van der Waals surface area contributed by atoms with Crippen molar-refractivity contribution in [3.63, 3.8) is 0 Å². The average Bonchev–Trinajstić information content (AvgIpc) is 3.19. The maximum atomic E-state index is 13.3. The molecule has 2 heterocycles. The Hall–Kier alpha value is -3.39. The normalized spacial score (nSPS) is 12.1. The molecule has 4 rings (SSSR count). The van der Waals surface area contributed by atoms with Gasteiger partial charge in [0.2, 0.25) is 5.91 Å². The van der Waals surface area contributed by atoms with Gasteiger partial charge in [0.1, 0.15) is 6.04 Å². The summed E-state index contributed by atoms with van der Waals surface area (Å²) in [6.07, 6.45) is 2.76. The summed E-state index contributed by atoms with van der Waals surface area (Å²) in [4.78, 5) is 27.3. The first-order chi connectivity index (χ1) is 16.3. The van der Waals surface area contributed by atoms with Crippen LogP contribution in [0.25, 0.3) is 16.6 Å². The van der Waals surface area contributed by atoms with Crippen molar-refractivity contribution in [3.05, 3.63) is 81.4 Å². The van der Waals surface area contributed by atoms with Crippen LogP contribution in [0.5, 0.6) is 0 Å². The van der Waals surface area contributed by atoms with Crippen molar-refractivity contribution in [2.75, 3.05) is 12.8 Å². The SMILES string of the molecule is CSc1ccc(CCNC(=O)[C@@H](C)n2nc(C)c3c(C)n(-c4ccc(C)cc4)nc3c2=O)cc1. The summed E-state index contributed by atoms with van der Waals surface area (Å²) in [6.45, 7) is 7.96. The maximum Gasteiger partial charge on any atom is 0.295 e. The molecule has 0 fully saturated rings. The third kappa shape index (κ3) is 4.63. The summed E-state index contributed by atoms with van der Waals surface area (Å²) < 4.78 is 3.00. The zero-order valence-electron chi connectivity index (χ0n) is 20.1. The smallest absolute Gasteiger partial charge is 0.295 e. The fourth-order valence-electron chi connectivity index (χ4n) is 4.03. The highest BCUT2D eigenvalue weighted by Gasteiger charge is 2.23. The lowest BCUT2D eigenvalue weighted by Gasteiger charge is -2.15. The first kappa shape index (κ1) is 23.8. The molecule has 0 aliphatic rings. The average molecular weight is 476 g/mol. The van der Waals surface area contributed by atoms with Crippen LogP contribution in [0.15, 0.2) is 58.2 Å². The van der Waals surface area contributed by atoms with Crippen molar-refractivity contribution in [1.29, 1.82) is 0 Å². The van der Waals surface area contributed by atoms with Crippen LogP contribution in [0, 0.1) is 20.8 Å². The zero-order valence-corrected chi connectivity index (χ0v) is 20.9. The molecule has 0 bridgehead atoms. The number of hydrogen-bond acceptors (Lipinski definition) is 5. The molecule has 2 aromatic carbocycles. The Labute approximate surface area is 203 Å². The summed E-state index contributed by atoms with van der Waals surface area (Å²) >= 11 is 1.70. The molecule has 1 atom stereocenters. The van der Waals surface area contributed by atoms with Crippen molar-refractivity contribution in [2.24, 2.45) is 0 Å². The molecule has 176 valence electrons. The van der Waals surface area contributed by atoms with Gasteiger partial charge in [0, 0.05) is 11.4 Å². The van der Waals surface area contributed by atoms with Gasteiger partial charge in [-0.1, -0.05) is 29.8 Å². The number of carbonyl (C=O) groups excluding carboxylic acids is 1. The van der Waals surface area contributed by atoms with Crippen LogP contribution < -0.4 is 10.9 Å². The lowest BCUT2D eigenvalue weighted by molar-refractivity contribution is -0.124. The van der Waals surface area contributed by atoms with Gasteiger partial charge in [-0.25, -0.2) is 9.36 Å². The lowest BCUT2D eigenvalue weighted by atomic mass is 10.1. The number of fused-ring (bicyclic) bond motifs is 1. The summed E-state index contributed by atoms with van der Waals surface area (Å²) in [5.41, 5.74) is 4.63. The van der Waals surface area contributed by atoms with Crippen molar-refractivity contribution >= 4 is 28.6 Å². The number of nitrogens with zero attached hydrogens (tertiary/aromatic N) is 4. The third-order valence-corrected chi connectivity index (χ3v) is 6.79. The second-order valence-electron chi connectivity index (χ2n) is 8.46. The van der Waals surface area contributed by atoms with Gasteiger partial charge in [-0.3, -0.25) is 9.59 Å². The molecule has 0 aliphatic heterocycles. The minimum Gasteiger partial charge on any atom is -0.354 e. The molecule has 0 saturated carbocycles. The molecule has 1 amide bonds. The van der Waals surface area contributed by atoms with E-state index < -0.39 is 6.04 Å². The fraction of sp³-hybridized carbons (Fsp3) is 0.308. The molecule has 7 nitrogen and oxygen atoms in total. The largest absolute Gasteiger partial charge is 0.354 e. The Bertz CT molecular complexity index is 1390. The van der Waals surface area contributed by atoms with E-state index in [-0.39, 0.29) is 11.5 Å². The summed E-state index contributed by atoms with van der Waals surface area (Å²) in [5.74, 6) is -0.247. The Morgan fingerprint density at radius 2 is 1.71 bits per heavy atom. The first-order valence-corrected chi connectivity index (χ1v) is 12.5. The van der Waals surface area contributed by atoms with Crippen LogP contribution in [0.4, 0.5) is 0 Å². The summed E-state index contributed by atoms with van der Waals surface area (Å²) in [7, 11) is 0. The monoisotopic (exact) mass is 475 g/mol. The van der Waals surface area contributed by atoms with Crippen LogP contribution in [-0.4, -0.2) is 38.3 Å². The van der Waals surface area contributed by atoms with E-state index >= 15 is 0 Å². The standard InChI is InChI=1S/C26H29N5O2S/c1-16-6-10-21(11-7-16)30-18(3)23-17(2)28-31(26(33)24(23)29-30)19(4)25(32)27-15-14-20-8-12-22(34-5)13-9-20/h6-13,19H,14-15H2,1-5H3,(H,27,32)/t19-/m1/s1. The lowest BCUT2D eigenvalue weighted by Crippen LogP contribution is -2.38. The van der Waals surface area contributed by atoms with Gasteiger partial charge < -0.3 is 5.32 Å². The molecule has 34 heavy (non-hydrogen) atoms. The van der Waals surface area contributed by atoms with Crippen LogP contribution >= 0.6 is 11.8 Å². The maximum absolute atomic E-state index is 13.3. The molecule has 8 heteroatoms. The molecule has 0 radical (unpaired) electrons. The number of aromatic nitrogens is 4. The molecule has 1 N–H and O–H groups in total. The van der Waals surface area contributed by atoms with Crippen LogP contribution in [0.2, 0.25) is 0 Å². The quantitative estimate of drug-likeness (QED) is 0.406. The number of rotatable bonds is 7. The number of aryl methyl sites for hydroxylation is 3. The first-order valence-electron chi connectivity index (χ1n) is 11.3. The summed E-state index contributed by atoms with van der Waals surface area (Å²) in [5, 5.41) is 12.7. The van der Waals surface area contributed by atoms with Gasteiger partial charge in [0.25, 0.3) is 5.56 Å². The van der Waals surface area contributed by atoms with Crippen LogP contribution in [0.1, 0.15) is 35.5 Å².